The van der Waals surface area contributed by atoms with Crippen molar-refractivity contribution in [1.29, 1.82) is 0 Å². The smallest absolute Gasteiger partial charge is 0.208 e. The van der Waals surface area contributed by atoms with Crippen LogP contribution in [-0.4, -0.2) is 39.4 Å². The zero-order chi connectivity index (χ0) is 16.6. The van der Waals surface area contributed by atoms with Gasteiger partial charge in [-0.15, -0.1) is 0 Å². The highest BCUT2D eigenvalue weighted by molar-refractivity contribution is 5.28. The van der Waals surface area contributed by atoms with Gasteiger partial charge in [0.1, 0.15) is 5.76 Å². The minimum Gasteiger partial charge on any atom is -0.444 e. The number of ether oxygens (including phenoxy) is 1. The number of aryl methyl sites for hydroxylation is 2. The van der Waals surface area contributed by atoms with Crippen LogP contribution in [0.1, 0.15) is 54.4 Å². The van der Waals surface area contributed by atoms with Gasteiger partial charge in [-0.3, -0.25) is 9.58 Å². The Morgan fingerprint density at radius 2 is 2.13 bits per heavy atom. The van der Waals surface area contributed by atoms with Gasteiger partial charge in [-0.05, 0) is 13.8 Å². The molecule has 1 aliphatic rings. The number of morpholine rings is 1. The van der Waals surface area contributed by atoms with Crippen molar-refractivity contribution in [1.82, 2.24) is 19.7 Å². The van der Waals surface area contributed by atoms with Gasteiger partial charge in [0.25, 0.3) is 0 Å². The Labute approximate surface area is 137 Å². The quantitative estimate of drug-likeness (QED) is 0.867. The number of hydrogen-bond acceptors (Lipinski definition) is 5. The predicted molar refractivity (Wildman–Crippen MR) is 87.2 cm³/mol. The molecule has 126 valence electrons. The summed E-state index contributed by atoms with van der Waals surface area (Å²) in [5, 5.41) is 4.55. The lowest BCUT2D eigenvalue weighted by Gasteiger charge is -2.35. The van der Waals surface area contributed by atoms with Crippen LogP contribution >= 0.6 is 0 Å². The molecule has 1 aliphatic heterocycles. The van der Waals surface area contributed by atoms with Crippen LogP contribution in [0.25, 0.3) is 0 Å². The summed E-state index contributed by atoms with van der Waals surface area (Å²) >= 11 is 0. The van der Waals surface area contributed by atoms with Gasteiger partial charge in [0.05, 0.1) is 37.7 Å². The molecule has 0 radical (unpaired) electrons. The number of rotatable bonds is 4. The molecule has 0 aliphatic carbocycles. The van der Waals surface area contributed by atoms with E-state index in [9.17, 15) is 0 Å². The second kappa shape index (κ2) is 6.45. The highest BCUT2D eigenvalue weighted by atomic mass is 16.5. The Hall–Kier alpha value is -1.66. The normalized spacial score (nSPS) is 19.7. The number of hydrogen-bond donors (Lipinski definition) is 0. The second-order valence-electron chi connectivity index (χ2n) is 6.58. The summed E-state index contributed by atoms with van der Waals surface area (Å²) in [6, 6.07) is 0.201. The Morgan fingerprint density at radius 1 is 1.35 bits per heavy atom. The molecular formula is C17H26N4O2. The third kappa shape index (κ3) is 3.19. The summed E-state index contributed by atoms with van der Waals surface area (Å²) in [7, 11) is 1.99. The van der Waals surface area contributed by atoms with Crippen LogP contribution in [0.4, 0.5) is 0 Å². The van der Waals surface area contributed by atoms with E-state index in [4.69, 9.17) is 9.15 Å². The zero-order valence-electron chi connectivity index (χ0n) is 14.7. The van der Waals surface area contributed by atoms with Crippen LogP contribution in [0.5, 0.6) is 0 Å². The second-order valence-corrected chi connectivity index (χ2v) is 6.58. The average molecular weight is 318 g/mol. The molecule has 0 spiro atoms. The SMILES string of the molecule is Cc1nn(C)c(C)c1[C@@H]1COCCN1Cc1ncc(C(C)C)o1. The van der Waals surface area contributed by atoms with E-state index in [-0.39, 0.29) is 6.04 Å². The minimum atomic E-state index is 0.201. The first-order chi connectivity index (χ1) is 11.0. The summed E-state index contributed by atoms with van der Waals surface area (Å²) in [5.41, 5.74) is 3.53. The van der Waals surface area contributed by atoms with Gasteiger partial charge in [0.15, 0.2) is 0 Å². The largest absolute Gasteiger partial charge is 0.444 e. The first-order valence-electron chi connectivity index (χ1n) is 8.24. The van der Waals surface area contributed by atoms with E-state index >= 15 is 0 Å². The molecule has 0 aromatic carbocycles. The van der Waals surface area contributed by atoms with E-state index < -0.39 is 0 Å². The summed E-state index contributed by atoms with van der Waals surface area (Å²) in [6.07, 6.45) is 1.84. The highest BCUT2D eigenvalue weighted by Gasteiger charge is 2.30. The molecule has 3 heterocycles. The van der Waals surface area contributed by atoms with Gasteiger partial charge in [0, 0.05) is 30.8 Å². The lowest BCUT2D eigenvalue weighted by Crippen LogP contribution is -2.39. The summed E-state index contributed by atoms with van der Waals surface area (Å²) < 4.78 is 13.6. The van der Waals surface area contributed by atoms with E-state index in [1.165, 1.54) is 11.3 Å². The molecule has 0 saturated carbocycles. The average Bonchev–Trinajstić information content (AvgIpc) is 3.06. The van der Waals surface area contributed by atoms with Gasteiger partial charge >= 0.3 is 0 Å². The van der Waals surface area contributed by atoms with Crippen molar-refractivity contribution in [3.05, 3.63) is 34.8 Å². The topological polar surface area (TPSA) is 56.3 Å². The standard InChI is InChI=1S/C17H26N4O2/c1-11(2)15-8-18-16(23-15)9-21-6-7-22-10-14(21)17-12(3)19-20(5)13(17)4/h8,11,14H,6-7,9-10H2,1-5H3/t14-/m0/s1. The van der Waals surface area contributed by atoms with Gasteiger partial charge < -0.3 is 9.15 Å². The van der Waals surface area contributed by atoms with Crippen molar-refractivity contribution in [2.75, 3.05) is 19.8 Å². The van der Waals surface area contributed by atoms with Crippen LogP contribution in [0.3, 0.4) is 0 Å². The predicted octanol–water partition coefficient (Wildman–Crippen LogP) is 2.72. The first kappa shape index (κ1) is 16.2. The maximum absolute atomic E-state index is 5.88. The van der Waals surface area contributed by atoms with Crippen molar-refractivity contribution in [3.8, 4) is 0 Å². The van der Waals surface area contributed by atoms with Crippen molar-refractivity contribution < 1.29 is 9.15 Å². The molecule has 0 amide bonds. The van der Waals surface area contributed by atoms with Crippen molar-refractivity contribution >= 4 is 0 Å². The van der Waals surface area contributed by atoms with E-state index in [1.54, 1.807) is 0 Å². The third-order valence-electron chi connectivity index (χ3n) is 4.62. The Morgan fingerprint density at radius 3 is 2.74 bits per heavy atom. The molecule has 3 rings (SSSR count). The molecule has 6 nitrogen and oxygen atoms in total. The molecule has 23 heavy (non-hydrogen) atoms. The molecule has 0 unspecified atom stereocenters. The van der Waals surface area contributed by atoms with E-state index in [2.05, 4.69) is 42.7 Å². The molecule has 1 atom stereocenters. The fourth-order valence-electron chi connectivity index (χ4n) is 3.20. The highest BCUT2D eigenvalue weighted by Crippen LogP contribution is 2.30. The zero-order valence-corrected chi connectivity index (χ0v) is 14.7. The Bertz CT molecular complexity index is 674. The van der Waals surface area contributed by atoms with E-state index in [0.29, 0.717) is 19.1 Å². The maximum Gasteiger partial charge on any atom is 0.208 e. The minimum absolute atomic E-state index is 0.201. The fraction of sp³-hybridized carbons (Fsp3) is 0.647. The van der Waals surface area contributed by atoms with Crippen molar-refractivity contribution in [2.24, 2.45) is 7.05 Å². The first-order valence-corrected chi connectivity index (χ1v) is 8.24. The van der Waals surface area contributed by atoms with Gasteiger partial charge in [-0.2, -0.15) is 5.10 Å². The van der Waals surface area contributed by atoms with Gasteiger partial charge in [-0.1, -0.05) is 13.8 Å². The molecule has 1 fully saturated rings. The third-order valence-corrected chi connectivity index (χ3v) is 4.62. The van der Waals surface area contributed by atoms with Crippen LogP contribution in [-0.2, 0) is 18.3 Å². The fourth-order valence-corrected chi connectivity index (χ4v) is 3.20. The molecule has 2 aromatic rings. The maximum atomic E-state index is 5.88. The molecule has 0 N–H and O–H groups in total. The van der Waals surface area contributed by atoms with Crippen LogP contribution in [0, 0.1) is 13.8 Å². The number of aromatic nitrogens is 3. The summed E-state index contributed by atoms with van der Waals surface area (Å²) in [5.74, 6) is 2.08. The van der Waals surface area contributed by atoms with Crippen molar-refractivity contribution in [2.45, 2.75) is 46.2 Å². The van der Waals surface area contributed by atoms with Gasteiger partial charge in [0.2, 0.25) is 5.89 Å². The lowest BCUT2D eigenvalue weighted by molar-refractivity contribution is -0.0167. The van der Waals surface area contributed by atoms with Crippen LogP contribution in [0.2, 0.25) is 0 Å². The van der Waals surface area contributed by atoms with E-state index in [1.807, 2.05) is 17.9 Å². The molecule has 2 aromatic heterocycles. The molecule has 1 saturated heterocycles. The monoisotopic (exact) mass is 318 g/mol. The lowest BCUT2D eigenvalue weighted by atomic mass is 10.0. The Kier molecular flexibility index (Phi) is 4.55. The van der Waals surface area contributed by atoms with Crippen molar-refractivity contribution in [3.63, 3.8) is 0 Å². The summed E-state index contributed by atoms with van der Waals surface area (Å²) in [6.45, 7) is 11.4. The van der Waals surface area contributed by atoms with Gasteiger partial charge in [-0.25, -0.2) is 4.98 Å². The van der Waals surface area contributed by atoms with Crippen LogP contribution in [0.15, 0.2) is 10.6 Å². The number of oxazole rings is 1. The van der Waals surface area contributed by atoms with E-state index in [0.717, 1.165) is 30.5 Å². The molecular weight excluding hydrogens is 292 g/mol. The van der Waals surface area contributed by atoms with Crippen LogP contribution < -0.4 is 0 Å². The molecule has 0 bridgehead atoms. The molecule has 6 heteroatoms. The number of nitrogens with zero attached hydrogens (tertiary/aromatic N) is 4. The Balaban J connectivity index is 1.83. The summed E-state index contributed by atoms with van der Waals surface area (Å²) in [4.78, 5) is 6.83.